The molecule has 0 heterocycles. The number of hydrogen-bond donors (Lipinski definition) is 1. The van der Waals surface area contributed by atoms with E-state index in [4.69, 9.17) is 11.0 Å². The molecule has 2 heteroatoms. The Balaban J connectivity index is 2.60. The predicted octanol–water partition coefficient (Wildman–Crippen LogP) is 2.61. The fourth-order valence-electron chi connectivity index (χ4n) is 1.47. The van der Waals surface area contributed by atoms with Gasteiger partial charge in [0, 0.05) is 5.69 Å². The van der Waals surface area contributed by atoms with Gasteiger partial charge in [0.05, 0.1) is 11.6 Å². The molecule has 0 aliphatic rings. The smallest absolute Gasteiger partial charge is 0.0998 e. The Hall–Kier alpha value is -2.27. The lowest BCUT2D eigenvalue weighted by molar-refractivity contribution is 1.48. The number of hydrogen-bond acceptors (Lipinski definition) is 2. The molecule has 71 valence electrons. The fourth-order valence-corrected chi connectivity index (χ4v) is 1.47. The zero-order chi connectivity index (χ0) is 10.7. The maximum atomic E-state index is 8.99. The van der Waals surface area contributed by atoms with Crippen LogP contribution in [0, 0.1) is 17.4 Å². The molecule has 0 aliphatic heterocycles. The topological polar surface area (TPSA) is 49.8 Å². The molecule has 0 unspecified atom stereocenters. The van der Waals surface area contributed by atoms with Crippen molar-refractivity contribution in [3.05, 3.63) is 54.1 Å². The minimum absolute atomic E-state index is 0.598. The molecule has 0 bridgehead atoms. The molecule has 0 saturated carbocycles. The van der Waals surface area contributed by atoms with Gasteiger partial charge in [0.1, 0.15) is 0 Å². The zero-order valence-electron chi connectivity index (χ0n) is 8.07. The van der Waals surface area contributed by atoms with Gasteiger partial charge in [0.2, 0.25) is 0 Å². The molecule has 2 N–H and O–H groups in total. The van der Waals surface area contributed by atoms with Crippen molar-refractivity contribution in [1.29, 1.82) is 5.26 Å². The molecular formula is C13H9N2. The van der Waals surface area contributed by atoms with Gasteiger partial charge in [-0.15, -0.1) is 0 Å². The van der Waals surface area contributed by atoms with Crippen LogP contribution in [-0.2, 0) is 0 Å². The Labute approximate surface area is 88.6 Å². The van der Waals surface area contributed by atoms with E-state index in [9.17, 15) is 0 Å². The summed E-state index contributed by atoms with van der Waals surface area (Å²) in [5.74, 6) is 0. The summed E-state index contributed by atoms with van der Waals surface area (Å²) in [6, 6.07) is 17.9. The molecule has 2 nitrogen and oxygen atoms in total. The number of nitrogens with zero attached hydrogens (tertiary/aromatic N) is 1. The molecule has 1 radical (unpaired) electrons. The molecule has 0 aromatic heterocycles. The van der Waals surface area contributed by atoms with Crippen LogP contribution in [0.3, 0.4) is 0 Å². The quantitative estimate of drug-likeness (QED) is 0.708. The Morgan fingerprint density at radius 3 is 2.53 bits per heavy atom. The normalized spacial score (nSPS) is 9.53. The molecule has 0 atom stereocenters. The molecule has 2 rings (SSSR count). The van der Waals surface area contributed by atoms with Crippen LogP contribution in [0.2, 0.25) is 0 Å². The zero-order valence-corrected chi connectivity index (χ0v) is 8.07. The molecule has 15 heavy (non-hydrogen) atoms. The maximum absolute atomic E-state index is 8.99. The second kappa shape index (κ2) is 3.85. The summed E-state index contributed by atoms with van der Waals surface area (Å²) < 4.78 is 0. The first-order valence-corrected chi connectivity index (χ1v) is 4.57. The lowest BCUT2D eigenvalue weighted by Crippen LogP contribution is -1.89. The highest BCUT2D eigenvalue weighted by Crippen LogP contribution is 2.24. The Morgan fingerprint density at radius 1 is 1.13 bits per heavy atom. The summed E-state index contributed by atoms with van der Waals surface area (Å²) in [7, 11) is 0. The highest BCUT2D eigenvalue weighted by molar-refractivity contribution is 5.72. The van der Waals surface area contributed by atoms with Crippen LogP contribution < -0.4 is 5.73 Å². The van der Waals surface area contributed by atoms with Gasteiger partial charge in [-0.1, -0.05) is 30.3 Å². The minimum atomic E-state index is 0.598. The summed E-state index contributed by atoms with van der Waals surface area (Å²) in [6.07, 6.45) is 0. The Kier molecular flexibility index (Phi) is 2.38. The Morgan fingerprint density at radius 2 is 1.87 bits per heavy atom. The summed E-state index contributed by atoms with van der Waals surface area (Å²) in [5.41, 5.74) is 8.74. The average molecular weight is 193 g/mol. The first kappa shape index (κ1) is 9.29. The summed E-state index contributed by atoms with van der Waals surface area (Å²) in [4.78, 5) is 0. The number of rotatable bonds is 1. The van der Waals surface area contributed by atoms with Crippen molar-refractivity contribution in [3.8, 4) is 17.2 Å². The van der Waals surface area contributed by atoms with Crippen LogP contribution >= 0.6 is 0 Å². The van der Waals surface area contributed by atoms with Crippen molar-refractivity contribution < 1.29 is 0 Å². The van der Waals surface area contributed by atoms with Crippen LogP contribution in [0.4, 0.5) is 5.69 Å². The summed E-state index contributed by atoms with van der Waals surface area (Å²) >= 11 is 0. The average Bonchev–Trinajstić information content (AvgIpc) is 2.30. The second-order valence-electron chi connectivity index (χ2n) is 3.21. The molecule has 0 spiro atoms. The van der Waals surface area contributed by atoms with Gasteiger partial charge in [-0.25, -0.2) is 0 Å². The molecular weight excluding hydrogens is 184 g/mol. The second-order valence-corrected chi connectivity index (χ2v) is 3.21. The van der Waals surface area contributed by atoms with Crippen molar-refractivity contribution >= 4 is 5.69 Å². The van der Waals surface area contributed by atoms with Gasteiger partial charge in [-0.2, -0.15) is 5.26 Å². The number of nitrogens with two attached hydrogens (primary N) is 1. The van der Waals surface area contributed by atoms with E-state index in [0.717, 1.165) is 11.1 Å². The van der Waals surface area contributed by atoms with E-state index in [1.807, 2.05) is 30.3 Å². The van der Waals surface area contributed by atoms with Gasteiger partial charge in [-0.05, 0) is 29.3 Å². The van der Waals surface area contributed by atoms with E-state index in [0.29, 0.717) is 11.3 Å². The van der Waals surface area contributed by atoms with Crippen molar-refractivity contribution in [3.63, 3.8) is 0 Å². The van der Waals surface area contributed by atoms with Crippen LogP contribution in [0.25, 0.3) is 11.1 Å². The third kappa shape index (κ3) is 1.82. The van der Waals surface area contributed by atoms with E-state index in [-0.39, 0.29) is 0 Å². The van der Waals surface area contributed by atoms with Crippen molar-refractivity contribution in [2.45, 2.75) is 0 Å². The van der Waals surface area contributed by atoms with Gasteiger partial charge < -0.3 is 5.73 Å². The first-order valence-electron chi connectivity index (χ1n) is 4.57. The standard InChI is InChI=1S/C13H9N2/c14-9-11-8-12(15)6-7-13(11)10-4-2-1-3-5-10/h2-8H,15H2. The lowest BCUT2D eigenvalue weighted by Gasteiger charge is -2.04. The molecule has 2 aromatic carbocycles. The van der Waals surface area contributed by atoms with Crippen LogP contribution in [0.15, 0.2) is 42.5 Å². The molecule has 0 fully saturated rings. The number of anilines is 1. The summed E-state index contributed by atoms with van der Waals surface area (Å²) in [6.45, 7) is 0. The van der Waals surface area contributed by atoms with Crippen molar-refractivity contribution in [2.75, 3.05) is 5.73 Å². The van der Waals surface area contributed by atoms with E-state index >= 15 is 0 Å². The predicted molar refractivity (Wildman–Crippen MR) is 59.8 cm³/mol. The highest BCUT2D eigenvalue weighted by Gasteiger charge is 2.03. The van der Waals surface area contributed by atoms with E-state index in [2.05, 4.69) is 12.1 Å². The highest BCUT2D eigenvalue weighted by atomic mass is 14.5. The van der Waals surface area contributed by atoms with E-state index in [1.54, 1.807) is 12.1 Å². The van der Waals surface area contributed by atoms with Crippen molar-refractivity contribution in [2.24, 2.45) is 0 Å². The van der Waals surface area contributed by atoms with Gasteiger partial charge in [0.25, 0.3) is 0 Å². The van der Waals surface area contributed by atoms with Crippen LogP contribution in [0.1, 0.15) is 5.56 Å². The van der Waals surface area contributed by atoms with E-state index in [1.165, 1.54) is 0 Å². The third-order valence-electron chi connectivity index (χ3n) is 2.19. The Bertz CT molecular complexity index is 510. The SMILES string of the molecule is N#Cc1cc(N)ccc1-c1cc[c]cc1. The van der Waals surface area contributed by atoms with Gasteiger partial charge in [-0.3, -0.25) is 0 Å². The lowest BCUT2D eigenvalue weighted by atomic mass is 10.00. The molecule has 2 aromatic rings. The largest absolute Gasteiger partial charge is 0.399 e. The maximum Gasteiger partial charge on any atom is 0.0998 e. The van der Waals surface area contributed by atoms with Gasteiger partial charge in [0.15, 0.2) is 0 Å². The van der Waals surface area contributed by atoms with Crippen LogP contribution in [-0.4, -0.2) is 0 Å². The van der Waals surface area contributed by atoms with Crippen molar-refractivity contribution in [1.82, 2.24) is 0 Å². The molecule has 0 aliphatic carbocycles. The van der Waals surface area contributed by atoms with Gasteiger partial charge >= 0.3 is 0 Å². The molecule has 0 saturated heterocycles. The number of nitriles is 1. The minimum Gasteiger partial charge on any atom is -0.399 e. The number of benzene rings is 2. The number of nitrogen functional groups attached to an aromatic ring is 1. The fraction of sp³-hybridized carbons (Fsp3) is 0. The monoisotopic (exact) mass is 193 g/mol. The first-order chi connectivity index (χ1) is 7.31. The third-order valence-corrected chi connectivity index (χ3v) is 2.19. The summed E-state index contributed by atoms with van der Waals surface area (Å²) in [5, 5.41) is 8.99. The van der Waals surface area contributed by atoms with Crippen LogP contribution in [0.5, 0.6) is 0 Å². The molecule has 0 amide bonds. The van der Waals surface area contributed by atoms with E-state index < -0.39 is 0 Å².